The fourth-order valence-electron chi connectivity index (χ4n) is 7.78. The van der Waals surface area contributed by atoms with E-state index < -0.39 is 0 Å². The maximum atomic E-state index is 13.2. The largest absolute Gasteiger partial charge is 0.440 e. The number of carbonyl (C=O) groups excluding carboxylic acids is 2. The molecule has 4 aliphatic rings. The molecule has 1 saturated carbocycles. The molecule has 1 aliphatic carbocycles. The molecule has 0 aromatic carbocycles. The molecule has 39 heavy (non-hydrogen) atoms. The van der Waals surface area contributed by atoms with Gasteiger partial charge >= 0.3 is 6.09 Å². The van der Waals surface area contributed by atoms with Crippen molar-refractivity contribution >= 4 is 12.0 Å². The molecule has 5 rings (SSSR count). The summed E-state index contributed by atoms with van der Waals surface area (Å²) in [6, 6.07) is 2.69. The molecule has 1 atom stereocenters. The molecule has 1 aromatic rings. The molecule has 0 radical (unpaired) electrons. The standard InChI is InChI=1S/C31H51N5O3/c1-4-6-13-28-31(39-30(38)36(28)23-24-11-8-7-9-12-24)16-20-34(21-17-31)26-14-18-35(19-15-26)29(37)27-22-25(10-5-2)32-33(27)3/h22,24,26,28H,4-21,23H2,1-3H3. The van der Waals surface area contributed by atoms with E-state index in [2.05, 4.69) is 28.7 Å². The van der Waals surface area contributed by atoms with Crippen LogP contribution >= 0.6 is 0 Å². The van der Waals surface area contributed by atoms with Crippen LogP contribution in [0.25, 0.3) is 0 Å². The number of nitrogens with zero attached hydrogens (tertiary/aromatic N) is 5. The first-order chi connectivity index (χ1) is 18.9. The number of rotatable bonds is 9. The van der Waals surface area contributed by atoms with E-state index in [9.17, 15) is 9.59 Å². The maximum absolute atomic E-state index is 13.2. The molecule has 8 heteroatoms. The molecular formula is C31H51N5O3. The molecule has 3 saturated heterocycles. The summed E-state index contributed by atoms with van der Waals surface area (Å²) >= 11 is 0. The highest BCUT2D eigenvalue weighted by Gasteiger charge is 2.55. The number of piperidine rings is 2. The van der Waals surface area contributed by atoms with Gasteiger partial charge in [-0.15, -0.1) is 0 Å². The van der Waals surface area contributed by atoms with Gasteiger partial charge in [-0.25, -0.2) is 4.79 Å². The van der Waals surface area contributed by atoms with Crippen molar-refractivity contribution in [2.75, 3.05) is 32.7 Å². The van der Waals surface area contributed by atoms with Crippen LogP contribution in [0, 0.1) is 5.92 Å². The van der Waals surface area contributed by atoms with Crippen molar-refractivity contribution in [3.8, 4) is 0 Å². The fraction of sp³-hybridized carbons (Fsp3) is 0.839. The summed E-state index contributed by atoms with van der Waals surface area (Å²) in [6.45, 7) is 8.82. The fourth-order valence-corrected chi connectivity index (χ4v) is 7.78. The molecule has 1 spiro atoms. The minimum absolute atomic E-state index is 0.0563. The van der Waals surface area contributed by atoms with E-state index in [4.69, 9.17) is 4.74 Å². The van der Waals surface area contributed by atoms with E-state index in [1.54, 1.807) is 4.68 Å². The van der Waals surface area contributed by atoms with E-state index in [1.165, 1.54) is 32.1 Å². The van der Waals surface area contributed by atoms with Crippen LogP contribution in [0.15, 0.2) is 6.07 Å². The summed E-state index contributed by atoms with van der Waals surface area (Å²) in [5.41, 5.74) is 1.39. The summed E-state index contributed by atoms with van der Waals surface area (Å²) in [5, 5.41) is 4.53. The molecule has 4 heterocycles. The van der Waals surface area contributed by atoms with Crippen LogP contribution < -0.4 is 0 Å². The number of carbonyl (C=O) groups is 2. The highest BCUT2D eigenvalue weighted by atomic mass is 16.6. The minimum Gasteiger partial charge on any atom is -0.440 e. The topological polar surface area (TPSA) is 70.9 Å². The average molecular weight is 542 g/mol. The first kappa shape index (κ1) is 28.4. The van der Waals surface area contributed by atoms with Crippen LogP contribution in [0.3, 0.4) is 0 Å². The third-order valence-electron chi connectivity index (χ3n) is 10.1. The van der Waals surface area contributed by atoms with Crippen molar-refractivity contribution in [2.45, 2.75) is 121 Å². The zero-order chi connectivity index (χ0) is 27.4. The molecule has 1 aromatic heterocycles. The molecule has 1 unspecified atom stereocenters. The molecule has 8 nitrogen and oxygen atoms in total. The van der Waals surface area contributed by atoms with Crippen molar-refractivity contribution in [1.82, 2.24) is 24.5 Å². The first-order valence-corrected chi connectivity index (χ1v) is 16.0. The second kappa shape index (κ2) is 12.6. The van der Waals surface area contributed by atoms with Gasteiger partial charge < -0.3 is 14.5 Å². The molecular weight excluding hydrogens is 490 g/mol. The molecule has 2 amide bonds. The summed E-state index contributed by atoms with van der Waals surface area (Å²) < 4.78 is 8.07. The Labute approximate surface area is 235 Å². The van der Waals surface area contributed by atoms with Crippen LogP contribution in [-0.4, -0.2) is 86.9 Å². The van der Waals surface area contributed by atoms with Gasteiger partial charge in [0.25, 0.3) is 5.91 Å². The Balaban J connectivity index is 1.16. The van der Waals surface area contributed by atoms with Crippen molar-refractivity contribution in [3.05, 3.63) is 17.5 Å². The molecule has 218 valence electrons. The lowest BCUT2D eigenvalue weighted by Gasteiger charge is -2.46. The van der Waals surface area contributed by atoms with Crippen LogP contribution in [0.2, 0.25) is 0 Å². The van der Waals surface area contributed by atoms with E-state index >= 15 is 0 Å². The van der Waals surface area contributed by atoms with Gasteiger partial charge in [-0.1, -0.05) is 52.4 Å². The Morgan fingerprint density at radius 1 is 1.03 bits per heavy atom. The van der Waals surface area contributed by atoms with Gasteiger partial charge in [-0.2, -0.15) is 5.10 Å². The van der Waals surface area contributed by atoms with E-state index in [1.807, 2.05) is 18.0 Å². The first-order valence-electron chi connectivity index (χ1n) is 16.0. The van der Waals surface area contributed by atoms with Crippen LogP contribution in [0.5, 0.6) is 0 Å². The number of hydrogen-bond donors (Lipinski definition) is 0. The Bertz CT molecular complexity index is 971. The second-order valence-corrected chi connectivity index (χ2v) is 12.7. The molecule has 4 fully saturated rings. The molecule has 3 aliphatic heterocycles. The zero-order valence-corrected chi connectivity index (χ0v) is 24.7. The minimum atomic E-state index is -0.316. The van der Waals surface area contributed by atoms with Crippen molar-refractivity contribution in [2.24, 2.45) is 13.0 Å². The number of aromatic nitrogens is 2. The third-order valence-corrected chi connectivity index (χ3v) is 10.1. The Morgan fingerprint density at radius 2 is 1.74 bits per heavy atom. The number of ether oxygens (including phenoxy) is 1. The lowest BCUT2D eigenvalue weighted by molar-refractivity contribution is -0.0386. The van der Waals surface area contributed by atoms with Crippen molar-refractivity contribution < 1.29 is 14.3 Å². The number of aryl methyl sites for hydroxylation is 2. The van der Waals surface area contributed by atoms with Crippen molar-refractivity contribution in [3.63, 3.8) is 0 Å². The van der Waals surface area contributed by atoms with Gasteiger partial charge in [-0.05, 0) is 50.5 Å². The number of likely N-dealkylation sites (tertiary alicyclic amines) is 2. The molecule has 0 bridgehead atoms. The third kappa shape index (κ3) is 6.15. The summed E-state index contributed by atoms with van der Waals surface area (Å²) in [6.07, 6.45) is 15.6. The molecule has 0 N–H and O–H groups in total. The summed E-state index contributed by atoms with van der Waals surface area (Å²) in [5.74, 6) is 0.751. The van der Waals surface area contributed by atoms with Gasteiger partial charge in [0.2, 0.25) is 0 Å². The predicted molar refractivity (Wildman–Crippen MR) is 153 cm³/mol. The zero-order valence-electron chi connectivity index (χ0n) is 24.7. The Kier molecular flexibility index (Phi) is 9.20. The highest BCUT2D eigenvalue weighted by molar-refractivity contribution is 5.92. The van der Waals surface area contributed by atoms with Crippen LogP contribution in [0.1, 0.15) is 114 Å². The smallest absolute Gasteiger partial charge is 0.410 e. The number of unbranched alkanes of at least 4 members (excludes halogenated alkanes) is 1. The average Bonchev–Trinajstić information content (AvgIpc) is 3.44. The van der Waals surface area contributed by atoms with E-state index in [0.717, 1.165) is 96.2 Å². The Hall–Kier alpha value is -2.09. The monoisotopic (exact) mass is 541 g/mol. The number of amides is 2. The lowest BCUT2D eigenvalue weighted by Crippen LogP contribution is -2.56. The maximum Gasteiger partial charge on any atom is 0.410 e. The van der Waals surface area contributed by atoms with Crippen LogP contribution in [-0.2, 0) is 18.2 Å². The normalized spacial score (nSPS) is 25.0. The van der Waals surface area contributed by atoms with Gasteiger partial charge in [0.1, 0.15) is 11.3 Å². The van der Waals surface area contributed by atoms with E-state index in [-0.39, 0.29) is 23.6 Å². The van der Waals surface area contributed by atoms with Gasteiger partial charge in [0.15, 0.2) is 0 Å². The second-order valence-electron chi connectivity index (χ2n) is 12.7. The van der Waals surface area contributed by atoms with Crippen molar-refractivity contribution in [1.29, 1.82) is 0 Å². The van der Waals surface area contributed by atoms with E-state index in [0.29, 0.717) is 17.7 Å². The van der Waals surface area contributed by atoms with Gasteiger partial charge in [0, 0.05) is 58.7 Å². The highest BCUT2D eigenvalue weighted by Crippen LogP contribution is 2.43. The van der Waals surface area contributed by atoms with Crippen LogP contribution in [0.4, 0.5) is 4.79 Å². The summed E-state index contributed by atoms with van der Waals surface area (Å²) in [7, 11) is 1.88. The predicted octanol–water partition coefficient (Wildman–Crippen LogP) is 5.40. The van der Waals surface area contributed by atoms with Gasteiger partial charge in [0.05, 0.1) is 11.7 Å². The number of hydrogen-bond acceptors (Lipinski definition) is 5. The van der Waals surface area contributed by atoms with Gasteiger partial charge in [-0.3, -0.25) is 14.4 Å². The lowest BCUT2D eigenvalue weighted by atomic mass is 9.80. The summed E-state index contributed by atoms with van der Waals surface area (Å²) in [4.78, 5) is 33.2. The SMILES string of the molecule is CCCCC1N(CC2CCCCC2)C(=O)OC12CCN(C1CCN(C(=O)c3cc(CCC)nn3C)CC1)CC2. The quantitative estimate of drug-likeness (QED) is 0.419. The Morgan fingerprint density at radius 3 is 2.41 bits per heavy atom.